The minimum Gasteiger partial charge on any atom is -0.491 e. The third kappa shape index (κ3) is 5.53. The lowest BCUT2D eigenvalue weighted by atomic mass is 10.1. The summed E-state index contributed by atoms with van der Waals surface area (Å²) < 4.78 is 5.71. The number of aromatic nitrogens is 2. The average Bonchev–Trinajstić information content (AvgIpc) is 3.32. The maximum Gasteiger partial charge on any atom is 0.259 e. The number of H-pyrrole nitrogens is 1. The maximum absolute atomic E-state index is 12.8. The zero-order valence-corrected chi connectivity index (χ0v) is 19.1. The Balaban J connectivity index is 1.45. The number of aryl methyl sites for hydroxylation is 2. The molecule has 0 unspecified atom stereocenters. The van der Waals surface area contributed by atoms with Gasteiger partial charge in [0, 0.05) is 11.4 Å². The number of para-hydroxylation sites is 1. The number of hydrogen-bond acceptors (Lipinski definition) is 6. The molecule has 0 radical (unpaired) electrons. The second-order valence-corrected chi connectivity index (χ2v) is 9.83. The van der Waals surface area contributed by atoms with Crippen LogP contribution in [-0.4, -0.2) is 45.8 Å². The van der Waals surface area contributed by atoms with Crippen LogP contribution in [-0.2, 0) is 19.4 Å². The molecule has 0 saturated heterocycles. The summed E-state index contributed by atoms with van der Waals surface area (Å²) in [7, 11) is 0. The number of thiophene rings is 1. The summed E-state index contributed by atoms with van der Waals surface area (Å²) in [5.41, 5.74) is 1.17. The van der Waals surface area contributed by atoms with Crippen molar-refractivity contribution in [1.29, 1.82) is 0 Å². The lowest BCUT2D eigenvalue weighted by Crippen LogP contribution is -2.37. The van der Waals surface area contributed by atoms with Gasteiger partial charge in [-0.3, -0.25) is 9.69 Å². The molecule has 0 amide bonds. The number of aliphatic hydroxyl groups excluding tert-OH is 1. The highest BCUT2D eigenvalue weighted by Gasteiger charge is 2.22. The quantitative estimate of drug-likeness (QED) is 0.501. The summed E-state index contributed by atoms with van der Waals surface area (Å²) in [5, 5.41) is 11.4. The number of nitrogens with zero attached hydrogens (tertiary/aromatic N) is 2. The number of ether oxygens (including phenoxy) is 1. The summed E-state index contributed by atoms with van der Waals surface area (Å²) in [6.07, 6.45) is 3.54. The molecule has 0 bridgehead atoms. The Morgan fingerprint density at radius 3 is 2.84 bits per heavy atom. The van der Waals surface area contributed by atoms with E-state index in [2.05, 4.69) is 23.7 Å². The van der Waals surface area contributed by atoms with Crippen LogP contribution in [0.15, 0.2) is 35.1 Å². The number of hydrogen-bond donors (Lipinski definition) is 2. The fourth-order valence-electron chi connectivity index (χ4n) is 4.07. The predicted octanol–water partition coefficient (Wildman–Crippen LogP) is 3.76. The van der Waals surface area contributed by atoms with E-state index in [0.717, 1.165) is 48.2 Å². The standard InChI is InChI=1S/C24H31N3O3S/c1-16(2)11-12-27(13-17(28)15-30-18-7-4-3-5-8-18)14-21-25-23(29)22-19-9-6-10-20(19)31-24(22)26-21/h3-5,7-8,16-17,28H,6,9-15H2,1-2H3,(H,25,26,29)/t17-/m0/s1. The van der Waals surface area contributed by atoms with Gasteiger partial charge in [0.15, 0.2) is 0 Å². The Kier molecular flexibility index (Phi) is 7.05. The van der Waals surface area contributed by atoms with Crippen LogP contribution in [0.25, 0.3) is 10.2 Å². The van der Waals surface area contributed by atoms with Crippen LogP contribution >= 0.6 is 11.3 Å². The van der Waals surface area contributed by atoms with Gasteiger partial charge in [0.05, 0.1) is 11.9 Å². The SMILES string of the molecule is CC(C)CCN(Cc1nc2sc3c(c2c(=O)[nH]1)CCC3)C[C@H](O)COc1ccccc1. The molecule has 1 atom stereocenters. The lowest BCUT2D eigenvalue weighted by molar-refractivity contribution is 0.0631. The molecule has 31 heavy (non-hydrogen) atoms. The third-order valence-corrected chi connectivity index (χ3v) is 6.86. The zero-order chi connectivity index (χ0) is 21.8. The molecule has 7 heteroatoms. The molecule has 1 aliphatic rings. The molecular formula is C24H31N3O3S. The van der Waals surface area contributed by atoms with E-state index >= 15 is 0 Å². The highest BCUT2D eigenvalue weighted by molar-refractivity contribution is 7.18. The molecule has 0 fully saturated rings. The fourth-order valence-corrected chi connectivity index (χ4v) is 5.35. The van der Waals surface area contributed by atoms with Crippen molar-refractivity contribution in [3.63, 3.8) is 0 Å². The molecule has 2 aromatic heterocycles. The van der Waals surface area contributed by atoms with Crippen LogP contribution in [0.3, 0.4) is 0 Å². The maximum atomic E-state index is 12.8. The van der Waals surface area contributed by atoms with Gasteiger partial charge in [-0.25, -0.2) is 4.98 Å². The van der Waals surface area contributed by atoms with Crippen molar-refractivity contribution < 1.29 is 9.84 Å². The van der Waals surface area contributed by atoms with Gasteiger partial charge in [-0.15, -0.1) is 11.3 Å². The molecule has 3 aromatic rings. The van der Waals surface area contributed by atoms with Crippen LogP contribution in [0.5, 0.6) is 5.75 Å². The first-order chi connectivity index (χ1) is 15.0. The number of fused-ring (bicyclic) bond motifs is 3. The number of aromatic amines is 1. The highest BCUT2D eigenvalue weighted by atomic mass is 32.1. The number of aliphatic hydroxyl groups is 1. The molecule has 0 spiro atoms. The molecule has 2 heterocycles. The van der Waals surface area contributed by atoms with E-state index in [9.17, 15) is 9.90 Å². The van der Waals surface area contributed by atoms with Gasteiger partial charge in [0.1, 0.15) is 29.1 Å². The van der Waals surface area contributed by atoms with Crippen molar-refractivity contribution in [2.24, 2.45) is 5.92 Å². The molecule has 2 N–H and O–H groups in total. The van der Waals surface area contributed by atoms with Gasteiger partial charge < -0.3 is 14.8 Å². The first kappa shape index (κ1) is 22.0. The van der Waals surface area contributed by atoms with Crippen LogP contribution in [0.1, 0.15) is 43.0 Å². The smallest absolute Gasteiger partial charge is 0.259 e. The van der Waals surface area contributed by atoms with Crippen LogP contribution < -0.4 is 10.3 Å². The van der Waals surface area contributed by atoms with Gasteiger partial charge in [0.25, 0.3) is 5.56 Å². The van der Waals surface area contributed by atoms with Gasteiger partial charge in [-0.1, -0.05) is 32.0 Å². The zero-order valence-electron chi connectivity index (χ0n) is 18.3. The van der Waals surface area contributed by atoms with Crippen molar-refractivity contribution in [3.8, 4) is 5.75 Å². The van der Waals surface area contributed by atoms with E-state index in [0.29, 0.717) is 24.8 Å². The topological polar surface area (TPSA) is 78.5 Å². The van der Waals surface area contributed by atoms with Crippen LogP contribution in [0, 0.1) is 5.92 Å². The van der Waals surface area contributed by atoms with Crippen molar-refractivity contribution in [3.05, 3.63) is 57.0 Å². The first-order valence-corrected chi connectivity index (χ1v) is 11.9. The van der Waals surface area contributed by atoms with Crippen LogP contribution in [0.2, 0.25) is 0 Å². The number of nitrogens with one attached hydrogen (secondary N) is 1. The van der Waals surface area contributed by atoms with Crippen molar-refractivity contribution >= 4 is 21.6 Å². The monoisotopic (exact) mass is 441 g/mol. The van der Waals surface area contributed by atoms with Crippen molar-refractivity contribution in [2.75, 3.05) is 19.7 Å². The fraction of sp³-hybridized carbons (Fsp3) is 0.500. The molecule has 1 aliphatic carbocycles. The van der Waals surface area contributed by atoms with Crippen molar-refractivity contribution in [2.45, 2.75) is 52.2 Å². The summed E-state index contributed by atoms with van der Waals surface area (Å²) in [6.45, 7) is 6.38. The van der Waals surface area contributed by atoms with Crippen LogP contribution in [0.4, 0.5) is 0 Å². The summed E-state index contributed by atoms with van der Waals surface area (Å²) in [4.78, 5) is 24.9. The molecule has 4 rings (SSSR count). The normalized spacial score (nSPS) is 14.5. The third-order valence-electron chi connectivity index (χ3n) is 5.67. The predicted molar refractivity (Wildman–Crippen MR) is 125 cm³/mol. The van der Waals surface area contributed by atoms with Gasteiger partial charge in [0.2, 0.25) is 0 Å². The summed E-state index contributed by atoms with van der Waals surface area (Å²) in [5.74, 6) is 1.96. The molecule has 0 aliphatic heterocycles. The Morgan fingerprint density at radius 2 is 2.06 bits per heavy atom. The van der Waals surface area contributed by atoms with E-state index in [1.54, 1.807) is 11.3 Å². The molecule has 6 nitrogen and oxygen atoms in total. The second kappa shape index (κ2) is 9.94. The number of rotatable bonds is 10. The van der Waals surface area contributed by atoms with E-state index < -0.39 is 6.10 Å². The summed E-state index contributed by atoms with van der Waals surface area (Å²) in [6, 6.07) is 9.52. The van der Waals surface area contributed by atoms with Gasteiger partial charge in [-0.2, -0.15) is 0 Å². The van der Waals surface area contributed by atoms with Crippen molar-refractivity contribution in [1.82, 2.24) is 14.9 Å². The minimum absolute atomic E-state index is 0.0313. The Labute approximate surface area is 186 Å². The highest BCUT2D eigenvalue weighted by Crippen LogP contribution is 2.34. The summed E-state index contributed by atoms with van der Waals surface area (Å²) >= 11 is 1.66. The molecule has 166 valence electrons. The lowest BCUT2D eigenvalue weighted by Gasteiger charge is -2.25. The largest absolute Gasteiger partial charge is 0.491 e. The van der Waals surface area contributed by atoms with Gasteiger partial charge >= 0.3 is 0 Å². The van der Waals surface area contributed by atoms with E-state index in [4.69, 9.17) is 9.72 Å². The van der Waals surface area contributed by atoms with E-state index in [1.165, 1.54) is 10.4 Å². The number of benzene rings is 1. The Hall–Kier alpha value is -2.22. The molecule has 0 saturated carbocycles. The average molecular weight is 442 g/mol. The van der Waals surface area contributed by atoms with E-state index in [1.807, 2.05) is 30.3 Å². The Morgan fingerprint density at radius 1 is 1.26 bits per heavy atom. The second-order valence-electron chi connectivity index (χ2n) is 8.75. The van der Waals surface area contributed by atoms with E-state index in [-0.39, 0.29) is 12.2 Å². The van der Waals surface area contributed by atoms with Gasteiger partial charge in [-0.05, 0) is 55.8 Å². The Bertz CT molecular complexity index is 1060. The molecular weight excluding hydrogens is 410 g/mol. The molecule has 1 aromatic carbocycles. The first-order valence-electron chi connectivity index (χ1n) is 11.1. The minimum atomic E-state index is -0.631.